The maximum atomic E-state index is 5.60. The average Bonchev–Trinajstić information content (AvgIpc) is 2.27. The molecule has 14 heavy (non-hydrogen) atoms. The minimum atomic E-state index is 0.298. The summed E-state index contributed by atoms with van der Waals surface area (Å²) in [7, 11) is 0. The van der Waals surface area contributed by atoms with Crippen molar-refractivity contribution >= 4 is 0 Å². The van der Waals surface area contributed by atoms with Crippen molar-refractivity contribution in [3.8, 4) is 11.5 Å². The van der Waals surface area contributed by atoms with Gasteiger partial charge >= 0.3 is 0 Å². The van der Waals surface area contributed by atoms with Gasteiger partial charge in [0.05, 0.1) is 0 Å². The Bertz CT molecular complexity index is 344. The number of allylic oxidation sites excluding steroid dienone is 1. The quantitative estimate of drug-likeness (QED) is 0.667. The molecule has 1 aliphatic rings. The fraction of sp³-hybridized carbons (Fsp3) is 0.333. The van der Waals surface area contributed by atoms with Gasteiger partial charge in [-0.05, 0) is 6.07 Å². The highest BCUT2D eigenvalue weighted by Gasteiger charge is 2.17. The number of ether oxygens (including phenoxy) is 2. The fourth-order valence-corrected chi connectivity index (χ4v) is 1.58. The molecular weight excluding hydrogens is 176 g/mol. The van der Waals surface area contributed by atoms with Crippen molar-refractivity contribution in [1.82, 2.24) is 0 Å². The van der Waals surface area contributed by atoms with Gasteiger partial charge in [-0.2, -0.15) is 0 Å². The first-order valence-corrected chi connectivity index (χ1v) is 4.84. The Balaban J connectivity index is 2.44. The molecule has 1 aromatic rings. The summed E-state index contributed by atoms with van der Waals surface area (Å²) < 4.78 is 11.1. The van der Waals surface area contributed by atoms with Gasteiger partial charge in [0.2, 0.25) is 0 Å². The zero-order valence-corrected chi connectivity index (χ0v) is 8.32. The van der Waals surface area contributed by atoms with E-state index in [1.807, 2.05) is 18.2 Å². The van der Waals surface area contributed by atoms with Crippen molar-refractivity contribution in [3.05, 3.63) is 36.4 Å². The molecule has 0 aliphatic carbocycles. The highest BCUT2D eigenvalue weighted by Crippen LogP contribution is 2.37. The van der Waals surface area contributed by atoms with Crippen LogP contribution in [0.25, 0.3) is 0 Å². The maximum absolute atomic E-state index is 5.60. The molecule has 0 fully saturated rings. The molecule has 0 N–H and O–H groups in total. The van der Waals surface area contributed by atoms with Gasteiger partial charge in [0.1, 0.15) is 13.2 Å². The zero-order valence-electron chi connectivity index (χ0n) is 8.32. The molecule has 2 heteroatoms. The molecule has 0 saturated heterocycles. The molecule has 1 heterocycles. The van der Waals surface area contributed by atoms with Crippen LogP contribution < -0.4 is 9.47 Å². The second-order valence-electron chi connectivity index (χ2n) is 3.40. The first-order chi connectivity index (χ1) is 6.83. The van der Waals surface area contributed by atoms with Crippen LogP contribution in [0.1, 0.15) is 18.4 Å². The molecule has 2 nitrogen and oxygen atoms in total. The number of benzene rings is 1. The smallest absolute Gasteiger partial charge is 0.165 e. The fourth-order valence-electron chi connectivity index (χ4n) is 1.58. The topological polar surface area (TPSA) is 18.5 Å². The Morgan fingerprint density at radius 2 is 2.14 bits per heavy atom. The summed E-state index contributed by atoms with van der Waals surface area (Å²) in [6.07, 6.45) is 1.91. The third-order valence-electron chi connectivity index (χ3n) is 2.44. The van der Waals surface area contributed by atoms with E-state index in [4.69, 9.17) is 9.47 Å². The van der Waals surface area contributed by atoms with E-state index in [2.05, 4.69) is 19.6 Å². The summed E-state index contributed by atoms with van der Waals surface area (Å²) in [5, 5.41) is 0. The number of hydrogen-bond acceptors (Lipinski definition) is 2. The van der Waals surface area contributed by atoms with Crippen molar-refractivity contribution < 1.29 is 9.47 Å². The lowest BCUT2D eigenvalue weighted by atomic mass is 10.00. The van der Waals surface area contributed by atoms with E-state index in [0.717, 1.165) is 17.1 Å². The largest absolute Gasteiger partial charge is 0.486 e. The van der Waals surface area contributed by atoms with Gasteiger partial charge in [0.25, 0.3) is 0 Å². The first-order valence-electron chi connectivity index (χ1n) is 4.84. The van der Waals surface area contributed by atoms with Crippen molar-refractivity contribution in [2.24, 2.45) is 0 Å². The number of hydrogen-bond donors (Lipinski definition) is 0. The van der Waals surface area contributed by atoms with Crippen molar-refractivity contribution in [2.45, 2.75) is 12.8 Å². The van der Waals surface area contributed by atoms with Crippen molar-refractivity contribution in [3.63, 3.8) is 0 Å². The monoisotopic (exact) mass is 190 g/mol. The predicted octanol–water partition coefficient (Wildman–Crippen LogP) is 2.75. The van der Waals surface area contributed by atoms with Gasteiger partial charge in [-0.15, -0.1) is 6.58 Å². The Kier molecular flexibility index (Phi) is 2.44. The molecule has 74 valence electrons. The van der Waals surface area contributed by atoms with Crippen LogP contribution in [0, 0.1) is 0 Å². The highest BCUT2D eigenvalue weighted by molar-refractivity contribution is 5.49. The van der Waals surface area contributed by atoms with Crippen LogP contribution in [0.3, 0.4) is 0 Å². The van der Waals surface area contributed by atoms with Crippen LogP contribution in [0.2, 0.25) is 0 Å². The lowest BCUT2D eigenvalue weighted by Gasteiger charge is -2.22. The summed E-state index contributed by atoms with van der Waals surface area (Å²) in [6, 6.07) is 5.98. The Labute approximate surface area is 84.2 Å². The maximum Gasteiger partial charge on any atom is 0.165 e. The molecule has 1 aromatic carbocycles. The Morgan fingerprint density at radius 3 is 2.93 bits per heavy atom. The van der Waals surface area contributed by atoms with Gasteiger partial charge < -0.3 is 9.47 Å². The molecule has 1 aliphatic heterocycles. The van der Waals surface area contributed by atoms with E-state index >= 15 is 0 Å². The first kappa shape index (κ1) is 9.13. The SMILES string of the molecule is C=C[C@@H](C)c1cccc2c1OCCO2. The third kappa shape index (κ3) is 1.48. The second-order valence-corrected chi connectivity index (χ2v) is 3.40. The molecule has 0 amide bonds. The highest BCUT2D eigenvalue weighted by atomic mass is 16.6. The molecule has 0 bridgehead atoms. The third-order valence-corrected chi connectivity index (χ3v) is 2.44. The zero-order chi connectivity index (χ0) is 9.97. The minimum absolute atomic E-state index is 0.298. The molecule has 0 saturated carbocycles. The molecule has 0 radical (unpaired) electrons. The van der Waals surface area contributed by atoms with Gasteiger partial charge in [-0.25, -0.2) is 0 Å². The van der Waals surface area contributed by atoms with Crippen LogP contribution >= 0.6 is 0 Å². The molecule has 1 atom stereocenters. The van der Waals surface area contributed by atoms with Crippen LogP contribution in [0.5, 0.6) is 11.5 Å². The van der Waals surface area contributed by atoms with Crippen LogP contribution in [0.15, 0.2) is 30.9 Å². The molecular formula is C12H14O2. The standard InChI is InChI=1S/C12H14O2/c1-3-9(2)10-5-4-6-11-12(10)14-8-7-13-11/h3-6,9H,1,7-8H2,2H3/t9-/m1/s1. The van der Waals surface area contributed by atoms with Gasteiger partial charge in [0.15, 0.2) is 11.5 Å². The predicted molar refractivity (Wildman–Crippen MR) is 56.0 cm³/mol. The van der Waals surface area contributed by atoms with E-state index in [-0.39, 0.29) is 0 Å². The molecule has 0 spiro atoms. The number of rotatable bonds is 2. The van der Waals surface area contributed by atoms with Gasteiger partial charge in [0, 0.05) is 11.5 Å². The summed E-state index contributed by atoms with van der Waals surface area (Å²) in [5.41, 5.74) is 1.15. The second kappa shape index (κ2) is 3.74. The van der Waals surface area contributed by atoms with Crippen molar-refractivity contribution in [2.75, 3.05) is 13.2 Å². The minimum Gasteiger partial charge on any atom is -0.486 e. The molecule has 2 rings (SSSR count). The van der Waals surface area contributed by atoms with Crippen LogP contribution in [-0.4, -0.2) is 13.2 Å². The Hall–Kier alpha value is -1.44. The average molecular weight is 190 g/mol. The number of para-hydroxylation sites is 1. The van der Waals surface area contributed by atoms with E-state index in [1.54, 1.807) is 0 Å². The van der Waals surface area contributed by atoms with Crippen LogP contribution in [-0.2, 0) is 0 Å². The van der Waals surface area contributed by atoms with Crippen LogP contribution in [0.4, 0.5) is 0 Å². The number of fused-ring (bicyclic) bond motifs is 1. The van der Waals surface area contributed by atoms with E-state index < -0.39 is 0 Å². The Morgan fingerprint density at radius 1 is 1.36 bits per heavy atom. The molecule has 0 unspecified atom stereocenters. The summed E-state index contributed by atoms with van der Waals surface area (Å²) in [6.45, 7) is 7.16. The van der Waals surface area contributed by atoms with Crippen molar-refractivity contribution in [1.29, 1.82) is 0 Å². The normalized spacial score (nSPS) is 16.1. The van der Waals surface area contributed by atoms with E-state index in [1.165, 1.54) is 0 Å². The van der Waals surface area contributed by atoms with E-state index in [0.29, 0.717) is 19.1 Å². The molecule has 0 aromatic heterocycles. The lowest BCUT2D eigenvalue weighted by molar-refractivity contribution is 0.169. The summed E-state index contributed by atoms with van der Waals surface area (Å²) in [4.78, 5) is 0. The van der Waals surface area contributed by atoms with Gasteiger partial charge in [-0.1, -0.05) is 25.1 Å². The van der Waals surface area contributed by atoms with E-state index in [9.17, 15) is 0 Å². The lowest BCUT2D eigenvalue weighted by Crippen LogP contribution is -2.16. The summed E-state index contributed by atoms with van der Waals surface area (Å²) in [5.74, 6) is 2.03. The van der Waals surface area contributed by atoms with Gasteiger partial charge in [-0.3, -0.25) is 0 Å². The summed E-state index contributed by atoms with van der Waals surface area (Å²) >= 11 is 0.